The predicted octanol–water partition coefficient (Wildman–Crippen LogP) is 6.42. The molecule has 2 aliphatic heterocycles. The summed E-state index contributed by atoms with van der Waals surface area (Å²) in [5.41, 5.74) is 16.8. The fraction of sp³-hybridized carbons (Fsp3) is 0.286. The summed E-state index contributed by atoms with van der Waals surface area (Å²) in [6.07, 6.45) is 14.2. The van der Waals surface area contributed by atoms with Gasteiger partial charge < -0.3 is 48.0 Å². The molecular weight excluding hydrogens is 1160 g/mol. The number of nitrogen functional groups attached to an aromatic ring is 1. The Morgan fingerprint density at radius 1 is 0.636 bits per heavy atom. The van der Waals surface area contributed by atoms with E-state index in [1.165, 1.54) is 29.5 Å². The monoisotopic (exact) mass is 1240 g/mol. The third-order valence-electron chi connectivity index (χ3n) is 12.4. The van der Waals surface area contributed by atoms with Crippen molar-refractivity contribution >= 4 is 44.2 Å². The van der Waals surface area contributed by atoms with Crippen LogP contribution in [0.3, 0.4) is 0 Å². The topological polar surface area (TPSA) is 224 Å². The summed E-state index contributed by atoms with van der Waals surface area (Å²) in [5.74, 6) is 0.177. The van der Waals surface area contributed by atoms with Crippen LogP contribution < -0.4 is 65.8 Å². The third kappa shape index (κ3) is 36.3. The number of para-hydroxylation sites is 2. The Morgan fingerprint density at radius 2 is 1.14 bits per heavy atom. The summed E-state index contributed by atoms with van der Waals surface area (Å²) in [5, 5.41) is 3.66. The van der Waals surface area contributed by atoms with Gasteiger partial charge in [0, 0.05) is 55.9 Å². The van der Waals surface area contributed by atoms with Crippen molar-refractivity contribution in [3.8, 4) is 0 Å². The van der Waals surface area contributed by atoms with Gasteiger partial charge in [0.05, 0.1) is 43.2 Å². The third-order valence-corrected chi connectivity index (χ3v) is 12.8. The zero-order valence-corrected chi connectivity index (χ0v) is 53.8. The van der Waals surface area contributed by atoms with Crippen LogP contribution in [0.25, 0.3) is 10.9 Å². The van der Waals surface area contributed by atoms with Crippen LogP contribution in [-0.2, 0) is 14.3 Å². The van der Waals surface area contributed by atoms with E-state index in [-0.39, 0.29) is 66.9 Å². The molecule has 1 amide bonds. The summed E-state index contributed by atoms with van der Waals surface area (Å²) in [7, 11) is 0. The number of anilines is 1. The first-order chi connectivity index (χ1) is 41.8. The molecule has 9 aromatic rings. The van der Waals surface area contributed by atoms with Crippen molar-refractivity contribution in [2.45, 2.75) is 72.3 Å². The van der Waals surface area contributed by atoms with Gasteiger partial charge in [-0.3, -0.25) is 24.4 Å². The van der Waals surface area contributed by atoms with Gasteiger partial charge in [-0.15, -0.1) is 0 Å². The summed E-state index contributed by atoms with van der Waals surface area (Å²) in [6.45, 7) is 18.6. The van der Waals surface area contributed by atoms with Crippen LogP contribution in [0.5, 0.6) is 0 Å². The maximum atomic E-state index is 12.2. The quantitative estimate of drug-likeness (QED) is 0.0424. The molecule has 15 nitrogen and oxygen atoms in total. The molecule has 2 atom stereocenters. The number of ketones is 1. The van der Waals surface area contributed by atoms with Gasteiger partial charge in [0.25, 0.3) is 5.56 Å². The largest absolute Gasteiger partial charge is 1.00 e. The number of morpholine rings is 2. The number of amides is 1. The van der Waals surface area contributed by atoms with Crippen LogP contribution in [0.2, 0.25) is 0 Å². The second kappa shape index (κ2) is 50.9. The SMILES string of the molecule is Brc1ccccn1.C1COCCN1.Cc1ccccc1.Cc1ccccc1.Cc1ccccc1.NC1CCCCC1C(=O)N1CCOCC1.Nc1ccccc1C(=O)c1ccccn1.O=c1[nH]c(=O)c2ccccc2[nH]1.[CH2-]CCC.[Li+].[Li+].[c-]1ccccn1. The Kier molecular flexibility index (Phi) is 45.7. The van der Waals surface area contributed by atoms with E-state index < -0.39 is 5.69 Å². The van der Waals surface area contributed by atoms with Gasteiger partial charge in [0.15, 0.2) is 0 Å². The number of H-pyrrole nitrogens is 2. The van der Waals surface area contributed by atoms with E-state index in [1.54, 1.807) is 91.4 Å². The number of nitrogens with zero attached hydrogens (tertiary/aromatic N) is 4. The van der Waals surface area contributed by atoms with Gasteiger partial charge >= 0.3 is 43.4 Å². The minimum absolute atomic E-state index is 0. The Labute approximate surface area is 553 Å². The molecule has 7 N–H and O–H groups in total. The fourth-order valence-electron chi connectivity index (χ4n) is 7.68. The van der Waals surface area contributed by atoms with E-state index in [9.17, 15) is 19.2 Å². The molecule has 3 fully saturated rings. The van der Waals surface area contributed by atoms with Crippen LogP contribution >= 0.6 is 15.9 Å². The number of rotatable bonds is 4. The normalized spacial score (nSPS) is 14.0. The number of aromatic nitrogens is 5. The Bertz CT molecular complexity index is 3050. The molecule has 1 aliphatic carbocycles. The number of halogens is 1. The minimum atomic E-state index is -0.473. The zero-order chi connectivity index (χ0) is 62.2. The Hall–Kier alpha value is -7.06. The number of hydrogen-bond acceptors (Lipinski definition) is 12. The number of ether oxygens (including phenoxy) is 2. The van der Waals surface area contributed by atoms with Gasteiger partial charge in [-0.25, -0.2) is 9.78 Å². The van der Waals surface area contributed by atoms with Crippen molar-refractivity contribution in [3.63, 3.8) is 0 Å². The first kappa shape index (κ1) is 79.0. The molecule has 12 rings (SSSR count). The van der Waals surface area contributed by atoms with E-state index >= 15 is 0 Å². The molecule has 2 unspecified atom stereocenters. The van der Waals surface area contributed by atoms with E-state index in [0.717, 1.165) is 69.7 Å². The van der Waals surface area contributed by atoms with Gasteiger partial charge in [-0.1, -0.05) is 183 Å². The first-order valence-electron chi connectivity index (χ1n) is 28.9. The number of aromatic amines is 2. The predicted molar refractivity (Wildman–Crippen MR) is 354 cm³/mol. The molecule has 3 aliphatic rings. The first-order valence-corrected chi connectivity index (χ1v) is 29.7. The van der Waals surface area contributed by atoms with Crippen LogP contribution in [0.4, 0.5) is 5.69 Å². The molecule has 1 saturated carbocycles. The molecule has 88 heavy (non-hydrogen) atoms. The average Bonchev–Trinajstić information content (AvgIpc) is 3.75. The number of nitrogens with one attached hydrogen (secondary N) is 3. The number of nitrogens with two attached hydrogens (primary N) is 2. The number of aryl methyl sites for hydroxylation is 3. The number of carbonyl (C=O) groups is 2. The zero-order valence-electron chi connectivity index (χ0n) is 52.2. The molecule has 456 valence electrons. The van der Waals surface area contributed by atoms with Gasteiger partial charge in [0.1, 0.15) is 10.3 Å². The smallest absolute Gasteiger partial charge is 0.398 e. The average molecular weight is 1240 g/mol. The number of hydrogen-bond donors (Lipinski definition) is 5. The maximum Gasteiger partial charge on any atom is 1.00 e. The second-order valence-corrected chi connectivity index (χ2v) is 20.2. The van der Waals surface area contributed by atoms with E-state index in [4.69, 9.17) is 20.9 Å². The molecule has 18 heteroatoms. The molecule has 4 aromatic heterocycles. The second-order valence-electron chi connectivity index (χ2n) is 19.4. The van der Waals surface area contributed by atoms with Crippen molar-refractivity contribution < 1.29 is 56.8 Å². The van der Waals surface area contributed by atoms with Crippen LogP contribution in [0, 0.1) is 39.8 Å². The number of pyridine rings is 3. The molecule has 0 radical (unpaired) electrons. The van der Waals surface area contributed by atoms with Crippen molar-refractivity contribution in [3.05, 3.63) is 279 Å². The summed E-state index contributed by atoms with van der Waals surface area (Å²) in [4.78, 5) is 64.1. The van der Waals surface area contributed by atoms with E-state index in [1.807, 2.05) is 89.8 Å². The van der Waals surface area contributed by atoms with Crippen molar-refractivity contribution in [2.75, 3.05) is 58.3 Å². The number of fused-ring (bicyclic) bond motifs is 1. The maximum absolute atomic E-state index is 12.2. The van der Waals surface area contributed by atoms with Crippen molar-refractivity contribution in [1.29, 1.82) is 0 Å². The van der Waals surface area contributed by atoms with Crippen LogP contribution in [0.1, 0.15) is 78.2 Å². The number of benzene rings is 5. The summed E-state index contributed by atoms with van der Waals surface area (Å²) in [6, 6.07) is 61.1. The van der Waals surface area contributed by atoms with Crippen LogP contribution in [0.15, 0.2) is 227 Å². The molecule has 6 heterocycles. The van der Waals surface area contributed by atoms with Gasteiger partial charge in [-0.05, 0) is 98.1 Å². The summed E-state index contributed by atoms with van der Waals surface area (Å²) < 4.78 is 11.1. The van der Waals surface area contributed by atoms with E-state index in [2.05, 4.69) is 123 Å². The number of unbranched alkanes of at least 4 members (excludes halogenated alkanes) is 1. The van der Waals surface area contributed by atoms with E-state index in [0.29, 0.717) is 41.1 Å². The van der Waals surface area contributed by atoms with Crippen LogP contribution in [-0.4, -0.2) is 100 Å². The summed E-state index contributed by atoms with van der Waals surface area (Å²) >= 11 is 3.20. The fourth-order valence-corrected chi connectivity index (χ4v) is 7.95. The Morgan fingerprint density at radius 3 is 1.53 bits per heavy atom. The standard InChI is InChI=1S/C12H10N2O.C11H20N2O2.C8H6N2O2.3C7H8.C5H4BrN.C5H4N.C4H9NO.C4H9.2Li/c13-10-6-2-1-5-9(10)12(15)11-7-3-4-8-14-11;12-10-4-2-1-3-9(10)11(14)13-5-7-15-8-6-13;11-7-5-3-1-2-4-6(5)9-8(12)10-7;3*1-7-5-3-2-4-6-7;6-5-3-1-2-4-7-5;1-2-4-6-5-3-1;1-3-6-4-2-5-1;1-3-4-2;;/h1-8H,13H2;9-10H,1-8,12H2;1-4H,(H2,9,10,11,12);3*2-6H,1H3;1-4H;1-4H;5H,1-4H2;1,3-4H2,2H3;;/q;;;;;;;-1;;-1;2*+1. The van der Waals surface area contributed by atoms with Gasteiger partial charge in [-0.2, -0.15) is 24.6 Å². The van der Waals surface area contributed by atoms with Crippen molar-refractivity contribution in [2.24, 2.45) is 11.7 Å². The van der Waals surface area contributed by atoms with Gasteiger partial charge in [0.2, 0.25) is 11.7 Å². The molecule has 5 aromatic carbocycles. The van der Waals surface area contributed by atoms with Crippen molar-refractivity contribution in [1.82, 2.24) is 35.1 Å². The molecule has 0 bridgehead atoms. The molecular formula is C70H86BrLi2N9O6. The minimum Gasteiger partial charge on any atom is -0.398 e. The number of carbonyl (C=O) groups excluding carboxylic acids is 2. The Balaban J connectivity index is 0.000000500. The molecule has 2 saturated heterocycles. The molecule has 0 spiro atoms.